The summed E-state index contributed by atoms with van der Waals surface area (Å²) in [5, 5.41) is 0. The summed E-state index contributed by atoms with van der Waals surface area (Å²) in [7, 11) is 1.60. The fourth-order valence-electron chi connectivity index (χ4n) is 1.81. The first-order valence-electron chi connectivity index (χ1n) is 6.42. The highest BCUT2D eigenvalue weighted by Crippen LogP contribution is 2.36. The Bertz CT molecular complexity index is 412. The van der Waals surface area contributed by atoms with Crippen LogP contribution in [-0.2, 0) is 9.31 Å². The van der Waals surface area contributed by atoms with Gasteiger partial charge in [-0.2, -0.15) is 0 Å². The molecule has 0 aromatic carbocycles. The van der Waals surface area contributed by atoms with Crippen molar-refractivity contribution in [2.45, 2.75) is 45.8 Å². The van der Waals surface area contributed by atoms with Gasteiger partial charge < -0.3 is 18.6 Å². The molecule has 0 aliphatic carbocycles. The summed E-state index contributed by atoms with van der Waals surface area (Å²) in [5.74, 6) is 0. The molecule has 0 amide bonds. The van der Waals surface area contributed by atoms with Gasteiger partial charge in [0.05, 0.1) is 16.9 Å². The van der Waals surface area contributed by atoms with E-state index >= 15 is 0 Å². The van der Waals surface area contributed by atoms with E-state index in [1.54, 1.807) is 6.26 Å². The van der Waals surface area contributed by atoms with E-state index in [1.807, 2.05) is 40.8 Å². The maximum Gasteiger partial charge on any atom is 0.532 e. The van der Waals surface area contributed by atoms with Crippen LogP contribution in [0.5, 0.6) is 0 Å². The van der Waals surface area contributed by atoms with Crippen molar-refractivity contribution in [2.24, 2.45) is 0 Å². The van der Waals surface area contributed by atoms with Crippen molar-refractivity contribution in [3.63, 3.8) is 0 Å². The molecule has 0 unspecified atom stereocenters. The zero-order valence-corrected chi connectivity index (χ0v) is 12.1. The van der Waals surface area contributed by atoms with E-state index in [0.29, 0.717) is 0 Å². The molecule has 5 heteroatoms. The molecule has 0 saturated carbocycles. The summed E-state index contributed by atoms with van der Waals surface area (Å²) >= 11 is 0. The normalized spacial score (nSPS) is 21.3. The smallest absolute Gasteiger partial charge is 0.471 e. The number of furan rings is 1. The van der Waals surface area contributed by atoms with Crippen LogP contribution in [0.15, 0.2) is 16.7 Å². The average Bonchev–Trinajstić information content (AvgIpc) is 2.82. The first kappa shape index (κ1) is 13.5. The van der Waals surface area contributed by atoms with Crippen molar-refractivity contribution < 1.29 is 13.7 Å². The average molecular weight is 251 g/mol. The molecule has 18 heavy (non-hydrogen) atoms. The summed E-state index contributed by atoms with van der Waals surface area (Å²) in [6.45, 7) is 11.2. The topological polar surface area (TPSA) is 34.8 Å². The minimum absolute atomic E-state index is 0.332. The zero-order chi connectivity index (χ0) is 13.6. The van der Waals surface area contributed by atoms with Crippen molar-refractivity contribution in [2.75, 3.05) is 18.5 Å². The van der Waals surface area contributed by atoms with Crippen LogP contribution in [0.3, 0.4) is 0 Å². The number of anilines is 1. The van der Waals surface area contributed by atoms with Crippen molar-refractivity contribution in [3.05, 3.63) is 12.3 Å². The van der Waals surface area contributed by atoms with Gasteiger partial charge in [0.25, 0.3) is 0 Å². The van der Waals surface area contributed by atoms with E-state index in [9.17, 15) is 0 Å². The van der Waals surface area contributed by atoms with Crippen LogP contribution in [-0.4, -0.2) is 31.9 Å². The second-order valence-electron chi connectivity index (χ2n) is 5.81. The Balaban J connectivity index is 2.17. The van der Waals surface area contributed by atoms with Crippen LogP contribution >= 0.6 is 0 Å². The van der Waals surface area contributed by atoms with E-state index in [4.69, 9.17) is 13.7 Å². The molecule has 1 fully saturated rings. The molecule has 1 aromatic heterocycles. The van der Waals surface area contributed by atoms with Gasteiger partial charge in [0.15, 0.2) is 0 Å². The van der Waals surface area contributed by atoms with Gasteiger partial charge in [-0.1, -0.05) is 0 Å². The maximum atomic E-state index is 5.94. The minimum atomic E-state index is -0.422. The first-order chi connectivity index (χ1) is 8.27. The number of nitrogens with zero attached hydrogens (tertiary/aromatic N) is 1. The van der Waals surface area contributed by atoms with Crippen molar-refractivity contribution in [3.8, 4) is 0 Å². The molecule has 0 radical (unpaired) electrons. The molecule has 4 nitrogen and oxygen atoms in total. The van der Waals surface area contributed by atoms with Gasteiger partial charge in [-0.15, -0.1) is 0 Å². The maximum absolute atomic E-state index is 5.94. The second-order valence-corrected chi connectivity index (χ2v) is 5.81. The van der Waals surface area contributed by atoms with Gasteiger partial charge >= 0.3 is 7.12 Å². The lowest BCUT2D eigenvalue weighted by atomic mass is 9.86. The van der Waals surface area contributed by atoms with Gasteiger partial charge in [0, 0.05) is 13.6 Å². The second kappa shape index (κ2) is 4.32. The molecule has 100 valence electrons. The first-order valence-corrected chi connectivity index (χ1v) is 6.42. The fourth-order valence-corrected chi connectivity index (χ4v) is 1.81. The van der Waals surface area contributed by atoms with Gasteiger partial charge in [-0.3, -0.25) is 0 Å². The molecule has 1 aliphatic rings. The third kappa shape index (κ3) is 2.17. The highest BCUT2D eigenvalue weighted by atomic mass is 16.7. The lowest BCUT2D eigenvalue weighted by Crippen LogP contribution is -2.41. The SMILES string of the molecule is CCN(C)c1coc(B2OC(C)(C)C(C)(C)O2)c1. The Kier molecular flexibility index (Phi) is 3.24. The lowest BCUT2D eigenvalue weighted by Gasteiger charge is -2.32. The highest BCUT2D eigenvalue weighted by Gasteiger charge is 2.53. The minimum Gasteiger partial charge on any atom is -0.471 e. The Morgan fingerprint density at radius 3 is 2.22 bits per heavy atom. The van der Waals surface area contributed by atoms with Crippen LogP contribution in [0.25, 0.3) is 0 Å². The number of rotatable bonds is 3. The molecule has 1 aromatic rings. The molecule has 0 spiro atoms. The van der Waals surface area contributed by atoms with E-state index < -0.39 is 7.12 Å². The Labute approximate surface area is 109 Å². The molecule has 0 bridgehead atoms. The molecular formula is C13H22BNO3. The Morgan fingerprint density at radius 1 is 1.17 bits per heavy atom. The van der Waals surface area contributed by atoms with E-state index in [1.165, 1.54) is 0 Å². The largest absolute Gasteiger partial charge is 0.532 e. The van der Waals surface area contributed by atoms with E-state index in [0.717, 1.165) is 17.9 Å². The van der Waals surface area contributed by atoms with Crippen LogP contribution in [0.2, 0.25) is 0 Å². The number of hydrogen-bond donors (Lipinski definition) is 0. The third-order valence-electron chi connectivity index (χ3n) is 4.01. The van der Waals surface area contributed by atoms with Crippen LogP contribution in [0.1, 0.15) is 34.6 Å². The summed E-state index contributed by atoms with van der Waals surface area (Å²) in [5.41, 5.74) is 1.11. The monoisotopic (exact) mass is 251 g/mol. The molecule has 1 saturated heterocycles. The standard InChI is InChI=1S/C13H22BNO3/c1-7-15(6)10-8-11(16-9-10)14-17-12(2,3)13(4,5)18-14/h8-9H,7H2,1-6H3. The van der Waals surface area contributed by atoms with Crippen LogP contribution in [0.4, 0.5) is 5.69 Å². The quantitative estimate of drug-likeness (QED) is 0.770. The summed E-state index contributed by atoms with van der Waals surface area (Å²) in [4.78, 5) is 2.11. The Morgan fingerprint density at radius 2 is 1.72 bits per heavy atom. The van der Waals surface area contributed by atoms with E-state index in [-0.39, 0.29) is 11.2 Å². The molecule has 1 aliphatic heterocycles. The molecule has 0 atom stereocenters. The van der Waals surface area contributed by atoms with Crippen molar-refractivity contribution >= 4 is 18.5 Å². The fraction of sp³-hybridized carbons (Fsp3) is 0.692. The van der Waals surface area contributed by atoms with Crippen LogP contribution in [0, 0.1) is 0 Å². The number of hydrogen-bond acceptors (Lipinski definition) is 4. The highest BCUT2D eigenvalue weighted by molar-refractivity contribution is 6.60. The summed E-state index contributed by atoms with van der Waals surface area (Å²) in [6.07, 6.45) is 1.74. The molecule has 2 heterocycles. The van der Waals surface area contributed by atoms with Crippen LogP contribution < -0.4 is 10.6 Å². The van der Waals surface area contributed by atoms with E-state index in [2.05, 4.69) is 11.8 Å². The predicted octanol–water partition coefficient (Wildman–Crippen LogP) is 2.03. The third-order valence-corrected chi connectivity index (χ3v) is 4.01. The van der Waals surface area contributed by atoms with Gasteiger partial charge in [-0.25, -0.2) is 0 Å². The molecule has 2 rings (SSSR count). The zero-order valence-electron chi connectivity index (χ0n) is 12.1. The Hall–Kier alpha value is -0.935. The van der Waals surface area contributed by atoms with Crippen molar-refractivity contribution in [1.82, 2.24) is 0 Å². The predicted molar refractivity (Wildman–Crippen MR) is 73.4 cm³/mol. The summed E-state index contributed by atoms with van der Waals surface area (Å²) in [6, 6.07) is 1.98. The van der Waals surface area contributed by atoms with Gasteiger partial charge in [0.2, 0.25) is 0 Å². The van der Waals surface area contributed by atoms with Gasteiger partial charge in [0.1, 0.15) is 11.9 Å². The van der Waals surface area contributed by atoms with Gasteiger partial charge in [-0.05, 0) is 40.7 Å². The molecule has 0 N–H and O–H groups in total. The van der Waals surface area contributed by atoms with Crippen molar-refractivity contribution in [1.29, 1.82) is 0 Å². The summed E-state index contributed by atoms with van der Waals surface area (Å²) < 4.78 is 17.5. The lowest BCUT2D eigenvalue weighted by molar-refractivity contribution is 0.00578. The molecular weight excluding hydrogens is 229 g/mol.